The molecule has 4 rings (SSSR count). The van der Waals surface area contributed by atoms with Gasteiger partial charge in [-0.15, -0.1) is 0 Å². The third-order valence-electron chi connectivity index (χ3n) is 5.67. The van der Waals surface area contributed by atoms with Crippen molar-refractivity contribution in [1.82, 2.24) is 19.9 Å². The van der Waals surface area contributed by atoms with Crippen molar-refractivity contribution in [2.24, 2.45) is 5.92 Å². The largest absolute Gasteiger partial charge is 0.341 e. The van der Waals surface area contributed by atoms with Gasteiger partial charge in [-0.3, -0.25) is 9.69 Å². The average molecular weight is 439 g/mol. The Morgan fingerprint density at radius 2 is 2.06 bits per heavy atom. The monoisotopic (exact) mass is 438 g/mol. The number of hydrogen-bond acceptors (Lipinski definition) is 5. The molecule has 2 aromatic carbocycles. The number of carbonyl (C=O) groups is 1. The van der Waals surface area contributed by atoms with E-state index in [-0.39, 0.29) is 11.8 Å². The summed E-state index contributed by atoms with van der Waals surface area (Å²) in [6, 6.07) is 15.7. The fraction of sp³-hybridized carbons (Fsp3) is 0.375. The maximum absolute atomic E-state index is 13.0. The highest BCUT2D eigenvalue weighted by molar-refractivity contribution is 6.30. The first-order valence-electron chi connectivity index (χ1n) is 10.6. The highest BCUT2D eigenvalue weighted by Gasteiger charge is 2.29. The molecule has 0 radical (unpaired) electrons. The molecule has 6 nitrogen and oxygen atoms in total. The van der Waals surface area contributed by atoms with E-state index in [4.69, 9.17) is 16.1 Å². The predicted molar refractivity (Wildman–Crippen MR) is 120 cm³/mol. The van der Waals surface area contributed by atoms with Gasteiger partial charge in [0.1, 0.15) is 0 Å². The summed E-state index contributed by atoms with van der Waals surface area (Å²) in [5, 5.41) is 4.83. The van der Waals surface area contributed by atoms with Crippen LogP contribution < -0.4 is 0 Å². The number of halogens is 1. The molecular weight excluding hydrogens is 412 g/mol. The first-order chi connectivity index (χ1) is 15.0. The standard InChI is InChI=1S/C24H27ClN4O2/c1-17-5-3-6-19(13-17)23-26-22(31-27-23)16-29-12-4-7-20(15-29)24(30)28(2)14-18-8-10-21(25)11-9-18/h3,5-6,8-11,13,20H,4,7,12,14-16H2,1-2H3. The maximum Gasteiger partial charge on any atom is 0.241 e. The first kappa shape index (κ1) is 21.5. The number of piperidine rings is 1. The van der Waals surface area contributed by atoms with E-state index in [2.05, 4.69) is 15.0 Å². The quantitative estimate of drug-likeness (QED) is 0.564. The Kier molecular flexibility index (Phi) is 6.68. The SMILES string of the molecule is Cc1cccc(-c2noc(CN3CCCC(C(=O)N(C)Cc4ccc(Cl)cc4)C3)n2)c1. The summed E-state index contributed by atoms with van der Waals surface area (Å²) in [4.78, 5) is 21.6. The van der Waals surface area contributed by atoms with Crippen LogP contribution in [-0.4, -0.2) is 46.0 Å². The van der Waals surface area contributed by atoms with Gasteiger partial charge in [0.15, 0.2) is 0 Å². The molecule has 7 heteroatoms. The number of aromatic nitrogens is 2. The van der Waals surface area contributed by atoms with Crippen molar-refractivity contribution in [3.8, 4) is 11.4 Å². The molecule has 0 saturated carbocycles. The predicted octanol–water partition coefficient (Wildman–Crippen LogP) is 4.57. The minimum Gasteiger partial charge on any atom is -0.341 e. The average Bonchev–Trinajstić information content (AvgIpc) is 3.23. The van der Waals surface area contributed by atoms with Crippen LogP contribution in [0.25, 0.3) is 11.4 Å². The smallest absolute Gasteiger partial charge is 0.241 e. The zero-order valence-electron chi connectivity index (χ0n) is 17.9. The molecule has 2 heterocycles. The van der Waals surface area contributed by atoms with Crippen LogP contribution in [0.3, 0.4) is 0 Å². The van der Waals surface area contributed by atoms with E-state index in [1.54, 1.807) is 4.90 Å². The van der Waals surface area contributed by atoms with Gasteiger partial charge < -0.3 is 9.42 Å². The molecule has 1 amide bonds. The molecule has 3 aromatic rings. The van der Waals surface area contributed by atoms with Gasteiger partial charge in [0.25, 0.3) is 0 Å². The van der Waals surface area contributed by atoms with E-state index in [0.29, 0.717) is 36.4 Å². The number of aryl methyl sites for hydroxylation is 1. The lowest BCUT2D eigenvalue weighted by atomic mass is 9.96. The number of rotatable bonds is 6. The van der Waals surface area contributed by atoms with Crippen LogP contribution in [-0.2, 0) is 17.9 Å². The second-order valence-corrected chi connectivity index (χ2v) is 8.71. The normalized spacial score (nSPS) is 16.9. The second-order valence-electron chi connectivity index (χ2n) is 8.28. The van der Waals surface area contributed by atoms with Gasteiger partial charge in [0.2, 0.25) is 17.6 Å². The van der Waals surface area contributed by atoms with Crippen molar-refractivity contribution in [2.75, 3.05) is 20.1 Å². The summed E-state index contributed by atoms with van der Waals surface area (Å²) >= 11 is 5.95. The van der Waals surface area contributed by atoms with Crippen LogP contribution in [0.4, 0.5) is 0 Å². The Balaban J connectivity index is 1.35. The minimum absolute atomic E-state index is 0.0229. The van der Waals surface area contributed by atoms with Crippen molar-refractivity contribution in [3.63, 3.8) is 0 Å². The summed E-state index contributed by atoms with van der Waals surface area (Å²) in [5.74, 6) is 1.33. The van der Waals surface area contributed by atoms with Crippen molar-refractivity contribution in [1.29, 1.82) is 0 Å². The number of amides is 1. The van der Waals surface area contributed by atoms with Crippen molar-refractivity contribution < 1.29 is 9.32 Å². The van der Waals surface area contributed by atoms with Gasteiger partial charge in [-0.2, -0.15) is 4.98 Å². The maximum atomic E-state index is 13.0. The number of likely N-dealkylation sites (tertiary alicyclic amines) is 1. The lowest BCUT2D eigenvalue weighted by Crippen LogP contribution is -2.43. The van der Waals surface area contributed by atoms with E-state index >= 15 is 0 Å². The molecular formula is C24H27ClN4O2. The molecule has 1 saturated heterocycles. The third-order valence-corrected chi connectivity index (χ3v) is 5.92. The van der Waals surface area contributed by atoms with E-state index < -0.39 is 0 Å². The summed E-state index contributed by atoms with van der Waals surface area (Å²) in [7, 11) is 1.86. The molecule has 0 N–H and O–H groups in total. The molecule has 1 fully saturated rings. The van der Waals surface area contributed by atoms with Crippen LogP contribution in [0.5, 0.6) is 0 Å². The highest BCUT2D eigenvalue weighted by atomic mass is 35.5. The zero-order valence-corrected chi connectivity index (χ0v) is 18.7. The fourth-order valence-electron chi connectivity index (χ4n) is 4.07. The van der Waals surface area contributed by atoms with Crippen molar-refractivity contribution >= 4 is 17.5 Å². The lowest BCUT2D eigenvalue weighted by molar-refractivity contribution is -0.136. The number of nitrogens with zero attached hydrogens (tertiary/aromatic N) is 4. The molecule has 0 bridgehead atoms. The topological polar surface area (TPSA) is 62.5 Å². The molecule has 31 heavy (non-hydrogen) atoms. The van der Waals surface area contributed by atoms with Gasteiger partial charge >= 0.3 is 0 Å². The fourth-order valence-corrected chi connectivity index (χ4v) is 4.19. The molecule has 1 aromatic heterocycles. The summed E-state index contributed by atoms with van der Waals surface area (Å²) < 4.78 is 5.48. The van der Waals surface area contributed by atoms with E-state index in [1.165, 1.54) is 0 Å². The van der Waals surface area contributed by atoms with Gasteiger partial charge in [-0.25, -0.2) is 0 Å². The molecule has 1 aliphatic heterocycles. The molecule has 1 atom stereocenters. The van der Waals surface area contributed by atoms with E-state index in [9.17, 15) is 4.79 Å². The molecule has 1 unspecified atom stereocenters. The lowest BCUT2D eigenvalue weighted by Gasteiger charge is -2.33. The zero-order chi connectivity index (χ0) is 21.8. The summed E-state index contributed by atoms with van der Waals surface area (Å²) in [6.45, 7) is 4.80. The number of carbonyl (C=O) groups excluding carboxylic acids is 1. The Labute approximate surface area is 187 Å². The minimum atomic E-state index is -0.0229. The number of hydrogen-bond donors (Lipinski definition) is 0. The molecule has 162 valence electrons. The van der Waals surface area contributed by atoms with Gasteiger partial charge in [-0.1, -0.05) is 52.7 Å². The number of benzene rings is 2. The Morgan fingerprint density at radius 3 is 2.84 bits per heavy atom. The van der Waals surface area contributed by atoms with Crippen LogP contribution in [0.15, 0.2) is 53.1 Å². The summed E-state index contributed by atoms with van der Waals surface area (Å²) in [5.41, 5.74) is 3.18. The Bertz CT molecular complexity index is 1030. The van der Waals surface area contributed by atoms with Gasteiger partial charge in [-0.05, 0) is 50.1 Å². The Morgan fingerprint density at radius 1 is 1.26 bits per heavy atom. The molecule has 1 aliphatic rings. The van der Waals surface area contributed by atoms with Gasteiger partial charge in [0.05, 0.1) is 12.5 Å². The molecule has 0 aliphatic carbocycles. The van der Waals surface area contributed by atoms with Crippen molar-refractivity contribution in [3.05, 3.63) is 70.6 Å². The second kappa shape index (κ2) is 9.62. The first-order valence-corrected chi connectivity index (χ1v) is 11.0. The van der Waals surface area contributed by atoms with Crippen LogP contribution in [0.2, 0.25) is 5.02 Å². The van der Waals surface area contributed by atoms with E-state index in [0.717, 1.165) is 36.1 Å². The van der Waals surface area contributed by atoms with Crippen LogP contribution >= 0.6 is 11.6 Å². The van der Waals surface area contributed by atoms with Gasteiger partial charge in [0, 0.05) is 30.7 Å². The van der Waals surface area contributed by atoms with Crippen LogP contribution in [0.1, 0.15) is 29.9 Å². The van der Waals surface area contributed by atoms with Crippen molar-refractivity contribution in [2.45, 2.75) is 32.9 Å². The van der Waals surface area contributed by atoms with E-state index in [1.807, 2.05) is 62.5 Å². The highest BCUT2D eigenvalue weighted by Crippen LogP contribution is 2.22. The van der Waals surface area contributed by atoms with Crippen LogP contribution in [0, 0.1) is 12.8 Å². The Hall–Kier alpha value is -2.70. The third kappa shape index (κ3) is 5.51. The summed E-state index contributed by atoms with van der Waals surface area (Å²) in [6.07, 6.45) is 1.88. The molecule has 0 spiro atoms.